The summed E-state index contributed by atoms with van der Waals surface area (Å²) in [6.45, 7) is 8.25. The van der Waals surface area contributed by atoms with E-state index in [9.17, 15) is 9.59 Å². The SMILES string of the molecule is CCOC(=O)N1CCCN(C(=O)c2cc(C)cc(C)c2OC)CC1. The van der Waals surface area contributed by atoms with Crippen molar-refractivity contribution in [2.45, 2.75) is 27.2 Å². The highest BCUT2D eigenvalue weighted by Gasteiger charge is 2.25. The van der Waals surface area contributed by atoms with Gasteiger partial charge in [-0.05, 0) is 44.4 Å². The zero-order valence-corrected chi connectivity index (χ0v) is 14.9. The van der Waals surface area contributed by atoms with E-state index >= 15 is 0 Å². The van der Waals surface area contributed by atoms with Crippen molar-refractivity contribution in [2.24, 2.45) is 0 Å². The first-order valence-electron chi connectivity index (χ1n) is 8.34. The first kappa shape index (κ1) is 18.1. The van der Waals surface area contributed by atoms with Crippen LogP contribution in [0.4, 0.5) is 4.79 Å². The van der Waals surface area contributed by atoms with Crippen LogP contribution < -0.4 is 4.74 Å². The van der Waals surface area contributed by atoms with Gasteiger partial charge in [-0.15, -0.1) is 0 Å². The maximum atomic E-state index is 13.0. The van der Waals surface area contributed by atoms with E-state index in [1.807, 2.05) is 26.0 Å². The molecule has 1 aliphatic heterocycles. The predicted molar refractivity (Wildman–Crippen MR) is 91.6 cm³/mol. The van der Waals surface area contributed by atoms with Crippen LogP contribution in [0.2, 0.25) is 0 Å². The Kier molecular flexibility index (Phi) is 6.06. The number of rotatable bonds is 3. The number of carbonyl (C=O) groups excluding carboxylic acids is 2. The molecule has 6 heteroatoms. The molecule has 1 aromatic rings. The fraction of sp³-hybridized carbons (Fsp3) is 0.556. The van der Waals surface area contributed by atoms with Gasteiger partial charge in [0, 0.05) is 26.2 Å². The molecule has 24 heavy (non-hydrogen) atoms. The van der Waals surface area contributed by atoms with E-state index in [1.165, 1.54) is 0 Å². The summed E-state index contributed by atoms with van der Waals surface area (Å²) in [6.07, 6.45) is 0.424. The van der Waals surface area contributed by atoms with Crippen LogP contribution in [0.1, 0.15) is 34.8 Å². The van der Waals surface area contributed by atoms with E-state index < -0.39 is 0 Å². The fourth-order valence-corrected chi connectivity index (χ4v) is 3.07. The number of hydrogen-bond donors (Lipinski definition) is 0. The molecule has 0 aromatic heterocycles. The van der Waals surface area contributed by atoms with Crippen molar-refractivity contribution in [1.29, 1.82) is 0 Å². The van der Waals surface area contributed by atoms with Crippen LogP contribution in [-0.2, 0) is 4.74 Å². The van der Waals surface area contributed by atoms with Crippen molar-refractivity contribution in [3.63, 3.8) is 0 Å². The molecule has 0 saturated carbocycles. The van der Waals surface area contributed by atoms with Crippen LogP contribution in [-0.4, -0.2) is 61.7 Å². The summed E-state index contributed by atoms with van der Waals surface area (Å²) < 4.78 is 10.5. The summed E-state index contributed by atoms with van der Waals surface area (Å²) in [6, 6.07) is 3.86. The van der Waals surface area contributed by atoms with Crippen molar-refractivity contribution in [3.8, 4) is 5.75 Å². The molecule has 0 radical (unpaired) electrons. The average Bonchev–Trinajstić information content (AvgIpc) is 2.80. The lowest BCUT2D eigenvalue weighted by molar-refractivity contribution is 0.0750. The molecule has 1 heterocycles. The van der Waals surface area contributed by atoms with Gasteiger partial charge in [0.1, 0.15) is 5.75 Å². The van der Waals surface area contributed by atoms with Gasteiger partial charge in [-0.1, -0.05) is 6.07 Å². The Hall–Kier alpha value is -2.24. The number of nitrogens with zero attached hydrogens (tertiary/aromatic N) is 2. The van der Waals surface area contributed by atoms with Crippen molar-refractivity contribution < 1.29 is 19.1 Å². The molecule has 0 aliphatic carbocycles. The molecule has 1 saturated heterocycles. The number of benzene rings is 1. The third-order valence-corrected chi connectivity index (χ3v) is 4.16. The quantitative estimate of drug-likeness (QED) is 0.852. The number of carbonyl (C=O) groups is 2. The molecule has 0 spiro atoms. The van der Waals surface area contributed by atoms with E-state index in [-0.39, 0.29) is 12.0 Å². The first-order chi connectivity index (χ1) is 11.5. The second kappa shape index (κ2) is 8.04. The van der Waals surface area contributed by atoms with Gasteiger partial charge < -0.3 is 19.3 Å². The van der Waals surface area contributed by atoms with Crippen molar-refractivity contribution in [2.75, 3.05) is 39.9 Å². The second-order valence-electron chi connectivity index (χ2n) is 5.99. The molecule has 0 atom stereocenters. The Balaban J connectivity index is 2.15. The lowest BCUT2D eigenvalue weighted by Crippen LogP contribution is -2.37. The summed E-state index contributed by atoms with van der Waals surface area (Å²) in [5, 5.41) is 0. The van der Waals surface area contributed by atoms with Crippen molar-refractivity contribution in [3.05, 3.63) is 28.8 Å². The molecule has 1 aliphatic rings. The number of aryl methyl sites for hydroxylation is 2. The molecule has 2 rings (SSSR count). The monoisotopic (exact) mass is 334 g/mol. The lowest BCUT2D eigenvalue weighted by atomic mass is 10.0. The van der Waals surface area contributed by atoms with Gasteiger partial charge in [-0.2, -0.15) is 0 Å². The Labute approximate surface area is 143 Å². The molecule has 6 nitrogen and oxygen atoms in total. The van der Waals surface area contributed by atoms with E-state index in [4.69, 9.17) is 9.47 Å². The normalized spacial score (nSPS) is 15.0. The third-order valence-electron chi connectivity index (χ3n) is 4.16. The van der Waals surface area contributed by atoms with Gasteiger partial charge in [0.15, 0.2) is 0 Å². The maximum Gasteiger partial charge on any atom is 0.409 e. The van der Waals surface area contributed by atoms with Crippen molar-refractivity contribution >= 4 is 12.0 Å². The Morgan fingerprint density at radius 3 is 2.42 bits per heavy atom. The van der Waals surface area contributed by atoms with Gasteiger partial charge in [0.25, 0.3) is 5.91 Å². The molecule has 0 bridgehead atoms. The minimum Gasteiger partial charge on any atom is -0.496 e. The average molecular weight is 334 g/mol. The third kappa shape index (κ3) is 3.99. The van der Waals surface area contributed by atoms with E-state index in [1.54, 1.807) is 23.8 Å². The number of hydrogen-bond acceptors (Lipinski definition) is 4. The Bertz CT molecular complexity index is 615. The minimum atomic E-state index is -0.309. The summed E-state index contributed by atoms with van der Waals surface area (Å²) in [5.74, 6) is 0.571. The standard InChI is InChI=1S/C18H26N2O4/c1-5-24-18(22)20-8-6-7-19(9-10-20)17(21)15-12-13(2)11-14(3)16(15)23-4/h11-12H,5-10H2,1-4H3. The topological polar surface area (TPSA) is 59.1 Å². The molecule has 2 amide bonds. The minimum absolute atomic E-state index is 0.0515. The molecule has 1 aromatic carbocycles. The molecule has 1 fully saturated rings. The molecule has 132 valence electrons. The molecular weight excluding hydrogens is 308 g/mol. The van der Waals surface area contributed by atoms with Crippen molar-refractivity contribution in [1.82, 2.24) is 9.80 Å². The van der Waals surface area contributed by atoms with Crippen LogP contribution in [0, 0.1) is 13.8 Å². The highest BCUT2D eigenvalue weighted by atomic mass is 16.6. The molecule has 0 N–H and O–H groups in total. The summed E-state index contributed by atoms with van der Waals surface area (Å²) in [7, 11) is 1.58. The zero-order chi connectivity index (χ0) is 17.7. The zero-order valence-electron chi connectivity index (χ0n) is 14.9. The van der Waals surface area contributed by atoms with Gasteiger partial charge in [-0.25, -0.2) is 4.79 Å². The number of ether oxygens (including phenoxy) is 2. The van der Waals surface area contributed by atoms with E-state index in [0.29, 0.717) is 44.1 Å². The second-order valence-corrected chi connectivity index (χ2v) is 5.99. The summed E-state index contributed by atoms with van der Waals surface area (Å²) >= 11 is 0. The Morgan fingerprint density at radius 2 is 1.75 bits per heavy atom. The van der Waals surface area contributed by atoms with Crippen LogP contribution in [0.15, 0.2) is 12.1 Å². The highest BCUT2D eigenvalue weighted by Crippen LogP contribution is 2.26. The molecule has 0 unspecified atom stereocenters. The van der Waals surface area contributed by atoms with Gasteiger partial charge in [0.2, 0.25) is 0 Å². The maximum absolute atomic E-state index is 13.0. The van der Waals surface area contributed by atoms with Gasteiger partial charge >= 0.3 is 6.09 Å². The predicted octanol–water partition coefficient (Wildman–Crippen LogP) is 2.62. The smallest absolute Gasteiger partial charge is 0.409 e. The summed E-state index contributed by atoms with van der Waals surface area (Å²) in [4.78, 5) is 28.3. The van der Waals surface area contributed by atoms with Crippen LogP contribution >= 0.6 is 0 Å². The van der Waals surface area contributed by atoms with Crippen LogP contribution in [0.25, 0.3) is 0 Å². The van der Waals surface area contributed by atoms with Gasteiger partial charge in [0.05, 0.1) is 19.3 Å². The first-order valence-corrected chi connectivity index (χ1v) is 8.34. The van der Waals surface area contributed by atoms with Gasteiger partial charge in [-0.3, -0.25) is 4.79 Å². The van der Waals surface area contributed by atoms with Crippen LogP contribution in [0.3, 0.4) is 0 Å². The van der Waals surface area contributed by atoms with E-state index in [2.05, 4.69) is 0 Å². The summed E-state index contributed by atoms with van der Waals surface area (Å²) in [5.41, 5.74) is 2.56. The largest absolute Gasteiger partial charge is 0.496 e. The lowest BCUT2D eigenvalue weighted by Gasteiger charge is -2.23. The fourth-order valence-electron chi connectivity index (χ4n) is 3.07. The highest BCUT2D eigenvalue weighted by molar-refractivity contribution is 5.97. The number of methoxy groups -OCH3 is 1. The Morgan fingerprint density at radius 1 is 1.08 bits per heavy atom. The molecular formula is C18H26N2O4. The van der Waals surface area contributed by atoms with E-state index in [0.717, 1.165) is 17.5 Å². The van der Waals surface area contributed by atoms with Crippen LogP contribution in [0.5, 0.6) is 5.75 Å². The number of amides is 2.